The molecule has 0 radical (unpaired) electrons. The molecule has 1 N–H and O–H groups in total. The molecule has 0 bridgehead atoms. The molecule has 0 saturated carbocycles. The van der Waals surface area contributed by atoms with Crippen molar-refractivity contribution in [2.75, 3.05) is 20.3 Å². The minimum Gasteiger partial charge on any atom is -0.474 e. The van der Waals surface area contributed by atoms with Gasteiger partial charge in [0.05, 0.1) is 24.1 Å². The molecule has 1 aromatic heterocycles. The fourth-order valence-corrected chi connectivity index (χ4v) is 1.22. The van der Waals surface area contributed by atoms with Crippen LogP contribution >= 0.6 is 0 Å². The molecule has 5 heteroatoms. The Kier molecular flexibility index (Phi) is 5.31. The van der Waals surface area contributed by atoms with Crippen molar-refractivity contribution in [3.05, 3.63) is 18.1 Å². The molecule has 0 aliphatic rings. The normalized spacial score (nSPS) is 11.5. The first kappa shape index (κ1) is 13.9. The van der Waals surface area contributed by atoms with Gasteiger partial charge in [0.2, 0.25) is 5.88 Å². The first-order valence-corrected chi connectivity index (χ1v) is 5.73. The molecular formula is C12H21N3O2. The molecule has 0 spiro atoms. The number of ether oxygens (including phenoxy) is 2. The van der Waals surface area contributed by atoms with Crippen molar-refractivity contribution in [3.8, 4) is 5.88 Å². The third-order valence-electron chi connectivity index (χ3n) is 1.89. The van der Waals surface area contributed by atoms with Crippen LogP contribution in [0.4, 0.5) is 0 Å². The molecule has 0 amide bonds. The molecule has 17 heavy (non-hydrogen) atoms. The maximum Gasteiger partial charge on any atom is 0.232 e. The lowest BCUT2D eigenvalue weighted by Crippen LogP contribution is -2.22. The minimum atomic E-state index is -0.136. The number of aromatic nitrogens is 2. The van der Waals surface area contributed by atoms with Crippen molar-refractivity contribution in [2.45, 2.75) is 32.9 Å². The molecule has 5 nitrogen and oxygen atoms in total. The zero-order valence-corrected chi connectivity index (χ0v) is 11.0. The fraction of sp³-hybridized carbons (Fsp3) is 0.667. The zero-order valence-electron chi connectivity index (χ0n) is 11.0. The lowest BCUT2D eigenvalue weighted by molar-refractivity contribution is -0.0168. The van der Waals surface area contributed by atoms with Crippen LogP contribution in [0.1, 0.15) is 26.5 Å². The van der Waals surface area contributed by atoms with Crippen LogP contribution in [0.25, 0.3) is 0 Å². The van der Waals surface area contributed by atoms with E-state index in [4.69, 9.17) is 9.47 Å². The van der Waals surface area contributed by atoms with Crippen molar-refractivity contribution in [1.29, 1.82) is 0 Å². The molecule has 1 aromatic rings. The van der Waals surface area contributed by atoms with E-state index in [1.54, 1.807) is 12.4 Å². The average Bonchev–Trinajstić information content (AvgIpc) is 2.24. The predicted octanol–water partition coefficient (Wildman–Crippen LogP) is 1.39. The zero-order chi connectivity index (χ0) is 12.7. The quantitative estimate of drug-likeness (QED) is 0.760. The SMILES string of the molecule is CNCc1cncc(OCCOC(C)(C)C)n1. The summed E-state index contributed by atoms with van der Waals surface area (Å²) in [7, 11) is 1.87. The Bertz CT molecular complexity index is 337. The van der Waals surface area contributed by atoms with Gasteiger partial charge in [-0.05, 0) is 27.8 Å². The Labute approximate surface area is 103 Å². The molecule has 1 rings (SSSR count). The van der Waals surface area contributed by atoms with E-state index in [-0.39, 0.29) is 5.60 Å². The fourth-order valence-electron chi connectivity index (χ4n) is 1.22. The van der Waals surface area contributed by atoms with Crippen LogP contribution < -0.4 is 10.1 Å². The first-order valence-electron chi connectivity index (χ1n) is 5.73. The molecular weight excluding hydrogens is 218 g/mol. The second kappa shape index (κ2) is 6.51. The molecule has 96 valence electrons. The van der Waals surface area contributed by atoms with E-state index in [2.05, 4.69) is 15.3 Å². The van der Waals surface area contributed by atoms with Crippen molar-refractivity contribution in [3.63, 3.8) is 0 Å². The molecule has 0 aliphatic carbocycles. The van der Waals surface area contributed by atoms with Gasteiger partial charge in [0, 0.05) is 12.7 Å². The summed E-state index contributed by atoms with van der Waals surface area (Å²) in [5.41, 5.74) is 0.727. The second-order valence-corrected chi connectivity index (χ2v) is 4.69. The smallest absolute Gasteiger partial charge is 0.232 e. The highest BCUT2D eigenvalue weighted by atomic mass is 16.5. The lowest BCUT2D eigenvalue weighted by Gasteiger charge is -2.19. The summed E-state index contributed by atoms with van der Waals surface area (Å²) in [5.74, 6) is 0.537. The number of nitrogens with one attached hydrogen (secondary N) is 1. The molecule has 0 fully saturated rings. The van der Waals surface area contributed by atoms with E-state index in [9.17, 15) is 0 Å². The Morgan fingerprint density at radius 1 is 1.24 bits per heavy atom. The van der Waals surface area contributed by atoms with Crippen molar-refractivity contribution < 1.29 is 9.47 Å². The van der Waals surface area contributed by atoms with Crippen LogP contribution in [0, 0.1) is 0 Å². The maximum atomic E-state index is 5.54. The van der Waals surface area contributed by atoms with Crippen LogP contribution in [0.2, 0.25) is 0 Å². The molecule has 0 aliphatic heterocycles. The Morgan fingerprint density at radius 3 is 2.65 bits per heavy atom. The molecule has 1 heterocycles. The average molecular weight is 239 g/mol. The van der Waals surface area contributed by atoms with Gasteiger partial charge in [0.25, 0.3) is 0 Å². The monoisotopic (exact) mass is 239 g/mol. The summed E-state index contributed by atoms with van der Waals surface area (Å²) < 4.78 is 11.0. The summed E-state index contributed by atoms with van der Waals surface area (Å²) in [4.78, 5) is 8.36. The lowest BCUT2D eigenvalue weighted by atomic mass is 10.2. The summed E-state index contributed by atoms with van der Waals surface area (Å²) in [6, 6.07) is 0. The topological polar surface area (TPSA) is 56.3 Å². The summed E-state index contributed by atoms with van der Waals surface area (Å²) >= 11 is 0. The molecule has 0 saturated heterocycles. The van der Waals surface area contributed by atoms with Crippen molar-refractivity contribution >= 4 is 0 Å². The highest BCUT2D eigenvalue weighted by Crippen LogP contribution is 2.08. The van der Waals surface area contributed by atoms with E-state index in [0.29, 0.717) is 25.6 Å². The van der Waals surface area contributed by atoms with Gasteiger partial charge < -0.3 is 14.8 Å². The van der Waals surface area contributed by atoms with Crippen LogP contribution in [-0.4, -0.2) is 35.8 Å². The largest absolute Gasteiger partial charge is 0.474 e. The van der Waals surface area contributed by atoms with Crippen LogP contribution in [0.5, 0.6) is 5.88 Å². The van der Waals surface area contributed by atoms with E-state index >= 15 is 0 Å². The summed E-state index contributed by atoms with van der Waals surface area (Å²) in [5, 5.41) is 3.02. The van der Waals surface area contributed by atoms with Crippen LogP contribution in [0.3, 0.4) is 0 Å². The Morgan fingerprint density at radius 2 is 2.00 bits per heavy atom. The molecule has 0 atom stereocenters. The van der Waals surface area contributed by atoms with Gasteiger partial charge in [0.15, 0.2) is 0 Å². The number of nitrogens with zero attached hydrogens (tertiary/aromatic N) is 2. The van der Waals surface area contributed by atoms with Gasteiger partial charge >= 0.3 is 0 Å². The van der Waals surface area contributed by atoms with Crippen molar-refractivity contribution in [2.24, 2.45) is 0 Å². The van der Waals surface area contributed by atoms with Gasteiger partial charge in [0.1, 0.15) is 6.61 Å². The third-order valence-corrected chi connectivity index (χ3v) is 1.89. The number of hydrogen-bond acceptors (Lipinski definition) is 5. The second-order valence-electron chi connectivity index (χ2n) is 4.69. The number of rotatable bonds is 6. The summed E-state index contributed by atoms with van der Waals surface area (Å²) in [6.07, 6.45) is 3.32. The highest BCUT2D eigenvalue weighted by molar-refractivity contribution is 5.08. The van der Waals surface area contributed by atoms with Gasteiger partial charge in [-0.2, -0.15) is 0 Å². The number of hydrogen-bond donors (Lipinski definition) is 1. The standard InChI is InChI=1S/C12H21N3O2/c1-12(2,3)17-6-5-16-11-9-14-8-10(15-11)7-13-4/h8-9,13H,5-7H2,1-4H3. The highest BCUT2D eigenvalue weighted by Gasteiger charge is 2.09. The third kappa shape index (κ3) is 6.19. The van der Waals surface area contributed by atoms with Crippen LogP contribution in [0.15, 0.2) is 12.4 Å². The predicted molar refractivity (Wildman–Crippen MR) is 66.0 cm³/mol. The van der Waals surface area contributed by atoms with E-state index < -0.39 is 0 Å². The van der Waals surface area contributed by atoms with Crippen LogP contribution in [-0.2, 0) is 11.3 Å². The van der Waals surface area contributed by atoms with E-state index in [0.717, 1.165) is 5.69 Å². The Hall–Kier alpha value is -1.20. The van der Waals surface area contributed by atoms with Gasteiger partial charge in [-0.1, -0.05) is 0 Å². The molecule has 0 aromatic carbocycles. The van der Waals surface area contributed by atoms with Gasteiger partial charge in [-0.25, -0.2) is 4.98 Å². The van der Waals surface area contributed by atoms with E-state index in [1.807, 2.05) is 27.8 Å². The van der Waals surface area contributed by atoms with E-state index in [1.165, 1.54) is 0 Å². The Balaban J connectivity index is 2.34. The van der Waals surface area contributed by atoms with Gasteiger partial charge in [-0.15, -0.1) is 0 Å². The van der Waals surface area contributed by atoms with Gasteiger partial charge in [-0.3, -0.25) is 4.98 Å². The maximum absolute atomic E-state index is 5.54. The summed E-state index contributed by atoms with van der Waals surface area (Å²) in [6.45, 7) is 7.75. The first-order chi connectivity index (χ1) is 8.01. The minimum absolute atomic E-state index is 0.136. The van der Waals surface area contributed by atoms with Crippen molar-refractivity contribution in [1.82, 2.24) is 15.3 Å². The molecule has 0 unspecified atom stereocenters.